The summed E-state index contributed by atoms with van der Waals surface area (Å²) >= 11 is 7.78. The first-order valence-electron chi connectivity index (χ1n) is 5.08. The summed E-state index contributed by atoms with van der Waals surface area (Å²) in [6, 6.07) is 1.71. The predicted octanol–water partition coefficient (Wildman–Crippen LogP) is 2.62. The first kappa shape index (κ1) is 14.1. The smallest absolute Gasteiger partial charge is 0.337 e. The Hall–Kier alpha value is -0.940. The molecule has 4 nitrogen and oxygen atoms in total. The van der Waals surface area contributed by atoms with Crippen LogP contribution in [-0.4, -0.2) is 41.2 Å². The van der Waals surface area contributed by atoms with E-state index in [2.05, 4.69) is 11.9 Å². The van der Waals surface area contributed by atoms with Crippen LogP contribution < -0.4 is 4.90 Å². The van der Waals surface area contributed by atoms with Gasteiger partial charge in [-0.15, -0.1) is 0 Å². The monoisotopic (exact) mass is 274 g/mol. The number of carboxylic acid groups (broad SMARTS) is 1. The standard InChI is InChI=1S/C11H15ClN2O2S/c1-7(6-17-3)14(2)10-9(12)4-8(5-13-10)11(15)16/h4-5,7H,6H2,1-3H3,(H,15,16). The summed E-state index contributed by atoms with van der Waals surface area (Å²) < 4.78 is 0. The minimum Gasteiger partial charge on any atom is -0.478 e. The molecule has 1 N–H and O–H groups in total. The van der Waals surface area contributed by atoms with Crippen LogP contribution in [0.2, 0.25) is 5.02 Å². The van der Waals surface area contributed by atoms with Crippen molar-refractivity contribution in [3.8, 4) is 0 Å². The Labute approximate surface area is 110 Å². The van der Waals surface area contributed by atoms with E-state index in [9.17, 15) is 4.79 Å². The zero-order valence-corrected chi connectivity index (χ0v) is 11.5. The Morgan fingerprint density at radius 1 is 1.71 bits per heavy atom. The van der Waals surface area contributed by atoms with Crippen LogP contribution in [-0.2, 0) is 0 Å². The van der Waals surface area contributed by atoms with Gasteiger partial charge in [-0.05, 0) is 19.2 Å². The highest BCUT2D eigenvalue weighted by Gasteiger charge is 2.15. The first-order chi connectivity index (χ1) is 7.97. The second-order valence-electron chi connectivity index (χ2n) is 3.75. The highest BCUT2D eigenvalue weighted by atomic mass is 35.5. The van der Waals surface area contributed by atoms with E-state index in [1.54, 1.807) is 11.8 Å². The molecular weight excluding hydrogens is 260 g/mol. The number of rotatable bonds is 5. The molecule has 1 aromatic rings. The Balaban J connectivity index is 2.95. The first-order valence-corrected chi connectivity index (χ1v) is 6.85. The van der Waals surface area contributed by atoms with E-state index in [-0.39, 0.29) is 11.6 Å². The van der Waals surface area contributed by atoms with E-state index in [1.165, 1.54) is 12.3 Å². The zero-order valence-electron chi connectivity index (χ0n) is 9.98. The normalized spacial score (nSPS) is 12.2. The summed E-state index contributed by atoms with van der Waals surface area (Å²) in [4.78, 5) is 16.8. The van der Waals surface area contributed by atoms with Gasteiger partial charge in [0.25, 0.3) is 0 Å². The lowest BCUT2D eigenvalue weighted by Crippen LogP contribution is -2.31. The minimum absolute atomic E-state index is 0.102. The molecule has 1 rings (SSSR count). The quantitative estimate of drug-likeness (QED) is 0.894. The van der Waals surface area contributed by atoms with Crippen molar-refractivity contribution in [3.05, 3.63) is 22.8 Å². The van der Waals surface area contributed by atoms with E-state index >= 15 is 0 Å². The molecule has 0 saturated carbocycles. The van der Waals surface area contributed by atoms with Crippen LogP contribution in [0.5, 0.6) is 0 Å². The number of anilines is 1. The molecule has 0 amide bonds. The van der Waals surface area contributed by atoms with Gasteiger partial charge in [-0.1, -0.05) is 11.6 Å². The van der Waals surface area contributed by atoms with Gasteiger partial charge in [0.05, 0.1) is 10.6 Å². The molecule has 1 aromatic heterocycles. The number of aromatic carboxylic acids is 1. The molecule has 0 radical (unpaired) electrons. The maximum atomic E-state index is 10.8. The third-order valence-electron chi connectivity index (χ3n) is 2.47. The fourth-order valence-electron chi connectivity index (χ4n) is 1.37. The summed E-state index contributed by atoms with van der Waals surface area (Å²) in [5.41, 5.74) is 0.102. The molecule has 1 atom stereocenters. The van der Waals surface area contributed by atoms with E-state index in [1.807, 2.05) is 18.2 Å². The number of thioether (sulfide) groups is 1. The van der Waals surface area contributed by atoms with Crippen molar-refractivity contribution in [2.75, 3.05) is 24.0 Å². The summed E-state index contributed by atoms with van der Waals surface area (Å²) in [7, 11) is 1.90. The number of nitrogens with zero attached hydrogens (tertiary/aromatic N) is 2. The number of carbonyl (C=O) groups is 1. The number of hydrogen-bond acceptors (Lipinski definition) is 4. The average Bonchev–Trinajstić information content (AvgIpc) is 2.28. The summed E-state index contributed by atoms with van der Waals surface area (Å²) in [6.07, 6.45) is 3.36. The van der Waals surface area contributed by atoms with Crippen LogP contribution in [0.15, 0.2) is 12.3 Å². The van der Waals surface area contributed by atoms with Crippen molar-refractivity contribution in [2.45, 2.75) is 13.0 Å². The lowest BCUT2D eigenvalue weighted by atomic mass is 10.2. The van der Waals surface area contributed by atoms with Gasteiger partial charge in [0.2, 0.25) is 0 Å². The average molecular weight is 275 g/mol. The lowest BCUT2D eigenvalue weighted by Gasteiger charge is -2.26. The van der Waals surface area contributed by atoms with Crippen LogP contribution in [0, 0.1) is 0 Å². The van der Waals surface area contributed by atoms with Crippen LogP contribution >= 0.6 is 23.4 Å². The van der Waals surface area contributed by atoms with Crippen molar-refractivity contribution in [2.24, 2.45) is 0 Å². The van der Waals surface area contributed by atoms with Crippen molar-refractivity contribution < 1.29 is 9.90 Å². The van der Waals surface area contributed by atoms with E-state index in [4.69, 9.17) is 16.7 Å². The zero-order chi connectivity index (χ0) is 13.0. The predicted molar refractivity (Wildman–Crippen MR) is 72.5 cm³/mol. The molecule has 0 spiro atoms. The van der Waals surface area contributed by atoms with E-state index in [0.29, 0.717) is 10.8 Å². The number of pyridine rings is 1. The molecular formula is C11H15ClN2O2S. The molecule has 0 bridgehead atoms. The number of carboxylic acids is 1. The Morgan fingerprint density at radius 2 is 2.35 bits per heavy atom. The van der Waals surface area contributed by atoms with Crippen molar-refractivity contribution in [1.82, 2.24) is 4.98 Å². The van der Waals surface area contributed by atoms with Crippen LogP contribution in [0.3, 0.4) is 0 Å². The highest BCUT2D eigenvalue weighted by molar-refractivity contribution is 7.98. The van der Waals surface area contributed by atoms with Gasteiger partial charge in [0.15, 0.2) is 0 Å². The number of halogens is 1. The van der Waals surface area contributed by atoms with Gasteiger partial charge in [0, 0.05) is 25.0 Å². The van der Waals surface area contributed by atoms with Gasteiger partial charge in [-0.3, -0.25) is 0 Å². The van der Waals surface area contributed by atoms with Crippen molar-refractivity contribution in [1.29, 1.82) is 0 Å². The van der Waals surface area contributed by atoms with Crippen LogP contribution in [0.4, 0.5) is 5.82 Å². The summed E-state index contributed by atoms with van der Waals surface area (Å²) in [5, 5.41) is 9.18. The Kier molecular flexibility index (Phi) is 5.08. The molecule has 0 aromatic carbocycles. The van der Waals surface area contributed by atoms with E-state index < -0.39 is 5.97 Å². The third kappa shape index (κ3) is 3.51. The minimum atomic E-state index is -1.02. The number of aromatic nitrogens is 1. The fourth-order valence-corrected chi connectivity index (χ4v) is 2.37. The van der Waals surface area contributed by atoms with Crippen molar-refractivity contribution >= 4 is 35.1 Å². The van der Waals surface area contributed by atoms with Crippen LogP contribution in [0.25, 0.3) is 0 Å². The largest absolute Gasteiger partial charge is 0.478 e. The molecule has 1 unspecified atom stereocenters. The highest BCUT2D eigenvalue weighted by Crippen LogP contribution is 2.25. The lowest BCUT2D eigenvalue weighted by molar-refractivity contribution is 0.0696. The molecule has 1 heterocycles. The maximum absolute atomic E-state index is 10.8. The van der Waals surface area contributed by atoms with Gasteiger partial charge in [-0.2, -0.15) is 11.8 Å². The van der Waals surface area contributed by atoms with Crippen LogP contribution in [0.1, 0.15) is 17.3 Å². The molecule has 6 heteroatoms. The van der Waals surface area contributed by atoms with Gasteiger partial charge >= 0.3 is 5.97 Å². The second kappa shape index (κ2) is 6.12. The topological polar surface area (TPSA) is 53.4 Å². The van der Waals surface area contributed by atoms with Gasteiger partial charge in [0.1, 0.15) is 5.82 Å². The number of hydrogen-bond donors (Lipinski definition) is 1. The molecule has 94 valence electrons. The summed E-state index contributed by atoms with van der Waals surface area (Å²) in [5.74, 6) is 0.541. The molecule has 17 heavy (non-hydrogen) atoms. The van der Waals surface area contributed by atoms with E-state index in [0.717, 1.165) is 5.75 Å². The molecule has 0 aliphatic rings. The second-order valence-corrected chi connectivity index (χ2v) is 5.07. The van der Waals surface area contributed by atoms with Gasteiger partial charge in [-0.25, -0.2) is 9.78 Å². The van der Waals surface area contributed by atoms with Crippen molar-refractivity contribution in [3.63, 3.8) is 0 Å². The maximum Gasteiger partial charge on any atom is 0.337 e. The SMILES string of the molecule is CSCC(C)N(C)c1ncc(C(=O)O)cc1Cl. The third-order valence-corrected chi connectivity index (χ3v) is 3.57. The fraction of sp³-hybridized carbons (Fsp3) is 0.455. The molecule has 0 saturated heterocycles. The summed E-state index contributed by atoms with van der Waals surface area (Å²) in [6.45, 7) is 2.07. The Bertz CT molecular complexity index is 414. The molecule has 0 aliphatic carbocycles. The molecule has 0 aliphatic heterocycles. The molecule has 0 fully saturated rings. The Morgan fingerprint density at radius 3 is 2.82 bits per heavy atom. The van der Waals surface area contributed by atoms with Gasteiger partial charge < -0.3 is 10.0 Å².